The second-order valence-corrected chi connectivity index (χ2v) is 7.16. The average molecular weight is 364 g/mol. The highest BCUT2D eigenvalue weighted by Gasteiger charge is 2.17. The zero-order chi connectivity index (χ0) is 19.0. The predicted octanol–water partition coefficient (Wildman–Crippen LogP) is 3.58. The van der Waals surface area contributed by atoms with E-state index in [1.807, 2.05) is 43.3 Å². The van der Waals surface area contributed by atoms with Crippen LogP contribution in [0.2, 0.25) is 0 Å². The first-order chi connectivity index (χ1) is 13.0. The van der Waals surface area contributed by atoms with Crippen LogP contribution >= 0.6 is 0 Å². The molecule has 0 aliphatic carbocycles. The van der Waals surface area contributed by atoms with Crippen molar-refractivity contribution in [2.45, 2.75) is 19.9 Å². The van der Waals surface area contributed by atoms with Gasteiger partial charge >= 0.3 is 5.63 Å². The maximum Gasteiger partial charge on any atom is 0.344 e. The highest BCUT2D eigenvalue weighted by molar-refractivity contribution is 5.84. The number of anilines is 1. The minimum atomic E-state index is -0.334. The number of ether oxygens (including phenoxy) is 1. The molecule has 0 radical (unpaired) electrons. The molecule has 1 aliphatic heterocycles. The lowest BCUT2D eigenvalue weighted by Gasteiger charge is -2.33. The van der Waals surface area contributed by atoms with E-state index in [9.17, 15) is 4.79 Å². The van der Waals surface area contributed by atoms with Crippen molar-refractivity contribution in [2.75, 3.05) is 31.6 Å². The maximum atomic E-state index is 12.6. The largest absolute Gasteiger partial charge is 0.496 e. The van der Waals surface area contributed by atoms with Crippen LogP contribution < -0.4 is 20.6 Å². The molecule has 0 bridgehead atoms. The summed E-state index contributed by atoms with van der Waals surface area (Å²) in [6.07, 6.45) is 0. The molecular formula is C22H24N2O3. The topological polar surface area (TPSA) is 54.7 Å². The van der Waals surface area contributed by atoms with Crippen LogP contribution in [0.3, 0.4) is 0 Å². The van der Waals surface area contributed by atoms with Crippen LogP contribution in [0.4, 0.5) is 5.69 Å². The highest BCUT2D eigenvalue weighted by Crippen LogP contribution is 2.28. The molecule has 5 nitrogen and oxygen atoms in total. The van der Waals surface area contributed by atoms with Gasteiger partial charge in [-0.3, -0.25) is 0 Å². The second-order valence-electron chi connectivity index (χ2n) is 7.16. The average Bonchev–Trinajstić information content (AvgIpc) is 2.67. The fourth-order valence-corrected chi connectivity index (χ4v) is 3.65. The summed E-state index contributed by atoms with van der Waals surface area (Å²) in [5, 5.41) is 4.35. The molecule has 140 valence electrons. The second kappa shape index (κ2) is 7.08. The van der Waals surface area contributed by atoms with Gasteiger partial charge in [0, 0.05) is 42.8 Å². The molecule has 1 N–H and O–H groups in total. The number of hydrogen-bond acceptors (Lipinski definition) is 5. The molecule has 4 rings (SSSR count). The SMILES string of the molecule is COc1cc(-c2cc3ccc(N4CCN[C@@H](C)C4)cc3oc2=O)ccc1C. The Morgan fingerprint density at radius 3 is 2.81 bits per heavy atom. The van der Waals surface area contributed by atoms with E-state index in [-0.39, 0.29) is 5.63 Å². The summed E-state index contributed by atoms with van der Waals surface area (Å²) in [7, 11) is 1.63. The number of fused-ring (bicyclic) bond motifs is 1. The molecule has 0 spiro atoms. The monoisotopic (exact) mass is 364 g/mol. The number of benzene rings is 2. The van der Waals surface area contributed by atoms with Gasteiger partial charge in [0.15, 0.2) is 0 Å². The summed E-state index contributed by atoms with van der Waals surface area (Å²) >= 11 is 0. The first-order valence-corrected chi connectivity index (χ1v) is 9.26. The summed E-state index contributed by atoms with van der Waals surface area (Å²) in [6.45, 7) is 7.00. The quantitative estimate of drug-likeness (QED) is 0.720. The fourth-order valence-electron chi connectivity index (χ4n) is 3.65. The zero-order valence-electron chi connectivity index (χ0n) is 15.9. The van der Waals surface area contributed by atoms with E-state index in [0.717, 1.165) is 47.6 Å². The Labute approximate surface area is 158 Å². The predicted molar refractivity (Wildman–Crippen MR) is 109 cm³/mol. The van der Waals surface area contributed by atoms with Crippen molar-refractivity contribution >= 4 is 16.7 Å². The van der Waals surface area contributed by atoms with Gasteiger partial charge in [-0.1, -0.05) is 12.1 Å². The number of rotatable bonds is 3. The number of nitrogens with one attached hydrogen (secondary N) is 1. The molecule has 1 aliphatic rings. The van der Waals surface area contributed by atoms with E-state index >= 15 is 0 Å². The van der Waals surface area contributed by atoms with Crippen LogP contribution in [0.15, 0.2) is 51.7 Å². The van der Waals surface area contributed by atoms with Crippen molar-refractivity contribution in [3.8, 4) is 16.9 Å². The highest BCUT2D eigenvalue weighted by atomic mass is 16.5. The van der Waals surface area contributed by atoms with Gasteiger partial charge in [-0.15, -0.1) is 0 Å². The molecule has 0 amide bonds. The van der Waals surface area contributed by atoms with Gasteiger partial charge in [-0.25, -0.2) is 4.79 Å². The van der Waals surface area contributed by atoms with Gasteiger partial charge < -0.3 is 19.4 Å². The molecule has 0 unspecified atom stereocenters. The van der Waals surface area contributed by atoms with Crippen molar-refractivity contribution < 1.29 is 9.15 Å². The van der Waals surface area contributed by atoms with Crippen LogP contribution in [0.25, 0.3) is 22.1 Å². The van der Waals surface area contributed by atoms with Crippen molar-refractivity contribution in [3.63, 3.8) is 0 Å². The Balaban J connectivity index is 1.74. The van der Waals surface area contributed by atoms with Crippen molar-refractivity contribution in [1.29, 1.82) is 0 Å². The number of hydrogen-bond donors (Lipinski definition) is 1. The van der Waals surface area contributed by atoms with Gasteiger partial charge in [0.05, 0.1) is 12.7 Å². The van der Waals surface area contributed by atoms with Gasteiger partial charge in [-0.05, 0) is 49.2 Å². The van der Waals surface area contributed by atoms with Crippen LogP contribution in [-0.2, 0) is 0 Å². The summed E-state index contributed by atoms with van der Waals surface area (Å²) in [5.74, 6) is 0.759. The van der Waals surface area contributed by atoms with Crippen LogP contribution in [0.5, 0.6) is 5.75 Å². The van der Waals surface area contributed by atoms with E-state index < -0.39 is 0 Å². The molecule has 27 heavy (non-hydrogen) atoms. The molecule has 2 aromatic carbocycles. The van der Waals surface area contributed by atoms with Crippen LogP contribution in [0.1, 0.15) is 12.5 Å². The van der Waals surface area contributed by atoms with Crippen LogP contribution in [-0.4, -0.2) is 32.8 Å². The van der Waals surface area contributed by atoms with E-state index in [1.54, 1.807) is 7.11 Å². The summed E-state index contributed by atoms with van der Waals surface area (Å²) in [5.41, 5.74) is 3.74. The Kier molecular flexibility index (Phi) is 4.62. The zero-order valence-corrected chi connectivity index (χ0v) is 15.9. The fraction of sp³-hybridized carbons (Fsp3) is 0.318. The third kappa shape index (κ3) is 3.43. The lowest BCUT2D eigenvalue weighted by atomic mass is 10.0. The van der Waals surface area contributed by atoms with E-state index in [1.165, 1.54) is 0 Å². The number of methoxy groups -OCH3 is 1. The third-order valence-electron chi connectivity index (χ3n) is 5.17. The normalized spacial score (nSPS) is 17.3. The smallest absolute Gasteiger partial charge is 0.344 e. The van der Waals surface area contributed by atoms with Gasteiger partial charge in [0.25, 0.3) is 0 Å². The minimum absolute atomic E-state index is 0.334. The molecule has 1 saturated heterocycles. The first-order valence-electron chi connectivity index (χ1n) is 9.26. The number of aryl methyl sites for hydroxylation is 1. The lowest BCUT2D eigenvalue weighted by Crippen LogP contribution is -2.49. The van der Waals surface area contributed by atoms with E-state index in [2.05, 4.69) is 23.2 Å². The molecule has 2 heterocycles. The molecular weight excluding hydrogens is 340 g/mol. The van der Waals surface area contributed by atoms with Gasteiger partial charge in [0.1, 0.15) is 11.3 Å². The number of nitrogens with zero attached hydrogens (tertiary/aromatic N) is 1. The van der Waals surface area contributed by atoms with E-state index in [4.69, 9.17) is 9.15 Å². The maximum absolute atomic E-state index is 12.6. The third-order valence-corrected chi connectivity index (χ3v) is 5.17. The molecule has 1 fully saturated rings. The molecule has 1 aromatic heterocycles. The molecule has 3 aromatic rings. The first kappa shape index (κ1) is 17.6. The van der Waals surface area contributed by atoms with Crippen molar-refractivity contribution in [3.05, 3.63) is 58.4 Å². The van der Waals surface area contributed by atoms with Gasteiger partial charge in [-0.2, -0.15) is 0 Å². The lowest BCUT2D eigenvalue weighted by molar-refractivity contribution is 0.412. The Hall–Kier alpha value is -2.79. The molecule has 5 heteroatoms. The standard InChI is InChI=1S/C22H24N2O3/c1-14-4-5-16(11-20(14)26-3)19-10-17-6-7-18(12-21(17)27-22(19)25)24-9-8-23-15(2)13-24/h4-7,10-12,15,23H,8-9,13H2,1-3H3/t15-/m0/s1. The number of piperazine rings is 1. The summed E-state index contributed by atoms with van der Waals surface area (Å²) < 4.78 is 11.1. The Bertz CT molecular complexity index is 1040. The molecule has 1 atom stereocenters. The Morgan fingerprint density at radius 1 is 1.19 bits per heavy atom. The summed E-state index contributed by atoms with van der Waals surface area (Å²) in [6, 6.07) is 14.2. The molecule has 0 saturated carbocycles. The minimum Gasteiger partial charge on any atom is -0.496 e. The van der Waals surface area contributed by atoms with Crippen molar-refractivity contribution in [2.24, 2.45) is 0 Å². The summed E-state index contributed by atoms with van der Waals surface area (Å²) in [4.78, 5) is 14.9. The van der Waals surface area contributed by atoms with Crippen molar-refractivity contribution in [1.82, 2.24) is 5.32 Å². The Morgan fingerprint density at radius 2 is 2.04 bits per heavy atom. The van der Waals surface area contributed by atoms with Crippen LogP contribution in [0, 0.1) is 6.92 Å². The van der Waals surface area contributed by atoms with E-state index in [0.29, 0.717) is 17.2 Å². The van der Waals surface area contributed by atoms with Gasteiger partial charge in [0.2, 0.25) is 0 Å².